The van der Waals surface area contributed by atoms with E-state index in [2.05, 4.69) is 15.5 Å². The highest BCUT2D eigenvalue weighted by molar-refractivity contribution is 5.97. The Bertz CT molecular complexity index is 619. The number of nitrogens with one attached hydrogen (secondary N) is 2. The van der Waals surface area contributed by atoms with Gasteiger partial charge in [-0.3, -0.25) is 9.89 Å². The number of amides is 1. The van der Waals surface area contributed by atoms with Gasteiger partial charge in [0.2, 0.25) is 0 Å². The Morgan fingerprint density at radius 2 is 2.00 bits per heavy atom. The molecule has 7 heteroatoms. The highest BCUT2D eigenvalue weighted by Crippen LogP contribution is 2.12. The molecule has 0 saturated carbocycles. The normalized spacial score (nSPS) is 10.6. The maximum atomic E-state index is 13.0. The van der Waals surface area contributed by atoms with Crippen LogP contribution in [0.15, 0.2) is 18.2 Å². The number of nitrogens with zero attached hydrogens (tertiary/aromatic N) is 1. The lowest BCUT2D eigenvalue weighted by Crippen LogP contribution is -2.26. The first-order chi connectivity index (χ1) is 9.47. The van der Waals surface area contributed by atoms with Crippen molar-refractivity contribution in [2.24, 2.45) is 0 Å². The molecule has 0 unspecified atom stereocenters. The maximum Gasteiger partial charge on any atom is 0.273 e. The molecule has 4 N–H and O–H groups in total. The fourth-order valence-corrected chi connectivity index (χ4v) is 1.77. The summed E-state index contributed by atoms with van der Waals surface area (Å²) in [5, 5.41) is 8.99. The van der Waals surface area contributed by atoms with Crippen molar-refractivity contribution in [3.8, 4) is 0 Å². The van der Waals surface area contributed by atoms with E-state index in [1.807, 2.05) is 0 Å². The first-order valence-corrected chi connectivity index (χ1v) is 6.01. The highest BCUT2D eigenvalue weighted by Gasteiger charge is 2.14. The van der Waals surface area contributed by atoms with Crippen LogP contribution in [0.4, 0.5) is 14.5 Å². The van der Waals surface area contributed by atoms with Crippen LogP contribution in [0.2, 0.25) is 0 Å². The van der Waals surface area contributed by atoms with Crippen molar-refractivity contribution in [3.63, 3.8) is 0 Å². The number of nitrogen functional groups attached to an aromatic ring is 1. The summed E-state index contributed by atoms with van der Waals surface area (Å²) in [7, 11) is 0. The minimum Gasteiger partial charge on any atom is -0.395 e. The van der Waals surface area contributed by atoms with E-state index >= 15 is 0 Å². The van der Waals surface area contributed by atoms with Crippen molar-refractivity contribution in [3.05, 3.63) is 46.8 Å². The summed E-state index contributed by atoms with van der Waals surface area (Å²) in [6.07, 6.45) is 0.309. The highest BCUT2D eigenvalue weighted by atomic mass is 19.1. The molecular formula is C13H14F2N4O. The van der Waals surface area contributed by atoms with Crippen molar-refractivity contribution in [2.75, 3.05) is 12.3 Å². The Balaban J connectivity index is 1.93. The monoisotopic (exact) mass is 280 g/mol. The van der Waals surface area contributed by atoms with Gasteiger partial charge in [0.1, 0.15) is 11.6 Å². The topological polar surface area (TPSA) is 83.8 Å². The average molecular weight is 280 g/mol. The number of carbonyl (C=O) groups is 1. The molecule has 2 aromatic rings. The summed E-state index contributed by atoms with van der Waals surface area (Å²) < 4.78 is 26.0. The third-order valence-corrected chi connectivity index (χ3v) is 2.83. The second kappa shape index (κ2) is 5.68. The molecule has 0 radical (unpaired) electrons. The third kappa shape index (κ3) is 3.11. The van der Waals surface area contributed by atoms with Gasteiger partial charge in [-0.05, 0) is 31.0 Å². The molecule has 1 amide bonds. The zero-order valence-electron chi connectivity index (χ0n) is 10.8. The number of nitrogens with two attached hydrogens (primary N) is 1. The van der Waals surface area contributed by atoms with Gasteiger partial charge < -0.3 is 11.1 Å². The van der Waals surface area contributed by atoms with E-state index in [1.54, 1.807) is 6.92 Å². The van der Waals surface area contributed by atoms with Gasteiger partial charge in [-0.25, -0.2) is 8.78 Å². The number of benzene rings is 1. The van der Waals surface area contributed by atoms with Crippen LogP contribution < -0.4 is 11.1 Å². The average Bonchev–Trinajstić information content (AvgIpc) is 2.69. The molecule has 1 heterocycles. The van der Waals surface area contributed by atoms with E-state index in [9.17, 15) is 13.6 Å². The molecule has 0 bridgehead atoms. The predicted octanol–water partition coefficient (Wildman–Crippen LogP) is 1.55. The molecule has 0 atom stereocenters. The summed E-state index contributed by atoms with van der Waals surface area (Å²) in [4.78, 5) is 11.8. The Morgan fingerprint density at radius 1 is 1.35 bits per heavy atom. The van der Waals surface area contributed by atoms with E-state index in [-0.39, 0.29) is 12.2 Å². The maximum absolute atomic E-state index is 13.0. The van der Waals surface area contributed by atoms with Crippen molar-refractivity contribution in [1.82, 2.24) is 15.5 Å². The van der Waals surface area contributed by atoms with Gasteiger partial charge in [0.25, 0.3) is 5.91 Å². The van der Waals surface area contributed by atoms with E-state index in [0.717, 1.165) is 6.07 Å². The van der Waals surface area contributed by atoms with E-state index in [1.165, 1.54) is 12.1 Å². The number of hydrogen-bond acceptors (Lipinski definition) is 3. The van der Waals surface area contributed by atoms with Crippen molar-refractivity contribution in [2.45, 2.75) is 13.3 Å². The van der Waals surface area contributed by atoms with Gasteiger partial charge in [0, 0.05) is 12.6 Å². The molecule has 0 spiro atoms. The molecule has 0 fully saturated rings. The van der Waals surface area contributed by atoms with Crippen LogP contribution in [-0.2, 0) is 6.42 Å². The smallest absolute Gasteiger partial charge is 0.273 e. The van der Waals surface area contributed by atoms with Gasteiger partial charge >= 0.3 is 0 Å². The number of halogens is 2. The zero-order valence-corrected chi connectivity index (χ0v) is 10.8. The summed E-state index contributed by atoms with van der Waals surface area (Å²) in [6, 6.07) is 3.25. The third-order valence-electron chi connectivity index (χ3n) is 2.83. The molecule has 0 aliphatic heterocycles. The SMILES string of the molecule is Cc1[nH]nc(C(=O)NCCc2cc(F)cc(F)c2)c1N. The molecular weight excluding hydrogens is 266 g/mol. The molecule has 2 rings (SSSR count). The molecule has 1 aromatic carbocycles. The number of aromatic nitrogens is 2. The number of aromatic amines is 1. The molecule has 0 aliphatic rings. The minimum atomic E-state index is -0.640. The fourth-order valence-electron chi connectivity index (χ4n) is 1.77. The molecule has 0 aliphatic carbocycles. The van der Waals surface area contributed by atoms with Crippen molar-refractivity contribution in [1.29, 1.82) is 0 Å². The number of carbonyl (C=O) groups excluding carboxylic acids is 1. The number of H-pyrrole nitrogens is 1. The largest absolute Gasteiger partial charge is 0.395 e. The predicted molar refractivity (Wildman–Crippen MR) is 70.1 cm³/mol. The lowest BCUT2D eigenvalue weighted by molar-refractivity contribution is 0.0950. The summed E-state index contributed by atoms with van der Waals surface area (Å²) >= 11 is 0. The number of aryl methyl sites for hydroxylation is 1. The lowest BCUT2D eigenvalue weighted by Gasteiger charge is -2.05. The lowest BCUT2D eigenvalue weighted by atomic mass is 10.1. The van der Waals surface area contributed by atoms with Crippen LogP contribution in [0.3, 0.4) is 0 Å². The van der Waals surface area contributed by atoms with Gasteiger partial charge in [0.15, 0.2) is 5.69 Å². The van der Waals surface area contributed by atoms with Crippen LogP contribution in [0, 0.1) is 18.6 Å². The van der Waals surface area contributed by atoms with Crippen molar-refractivity contribution < 1.29 is 13.6 Å². The first-order valence-electron chi connectivity index (χ1n) is 6.01. The van der Waals surface area contributed by atoms with Gasteiger partial charge in [-0.2, -0.15) is 5.10 Å². The van der Waals surface area contributed by atoms with Crippen LogP contribution >= 0.6 is 0 Å². The summed E-state index contributed by atoms with van der Waals surface area (Å²) in [5.74, 6) is -1.71. The molecule has 20 heavy (non-hydrogen) atoms. The Labute approximate surface area is 114 Å². The van der Waals surface area contributed by atoms with Crippen LogP contribution in [0.25, 0.3) is 0 Å². The minimum absolute atomic E-state index is 0.118. The molecule has 1 aromatic heterocycles. The van der Waals surface area contributed by atoms with Crippen LogP contribution in [0.1, 0.15) is 21.7 Å². The second-order valence-corrected chi connectivity index (χ2v) is 4.39. The Kier molecular flexibility index (Phi) is 3.97. The number of anilines is 1. The van der Waals surface area contributed by atoms with E-state index in [0.29, 0.717) is 23.4 Å². The second-order valence-electron chi connectivity index (χ2n) is 4.39. The first kappa shape index (κ1) is 14.0. The van der Waals surface area contributed by atoms with E-state index in [4.69, 9.17) is 5.73 Å². The standard InChI is InChI=1S/C13H14F2N4O/c1-7-11(16)12(19-18-7)13(20)17-3-2-8-4-9(14)6-10(15)5-8/h4-6H,2-3,16H2,1H3,(H,17,20)(H,18,19). The number of hydrogen-bond donors (Lipinski definition) is 3. The summed E-state index contributed by atoms with van der Waals surface area (Å²) in [5.41, 5.74) is 7.16. The molecule has 0 saturated heterocycles. The molecule has 106 valence electrons. The van der Waals surface area contributed by atoms with Crippen LogP contribution in [0.5, 0.6) is 0 Å². The van der Waals surface area contributed by atoms with Gasteiger partial charge in [-0.15, -0.1) is 0 Å². The summed E-state index contributed by atoms with van der Waals surface area (Å²) in [6.45, 7) is 1.93. The zero-order chi connectivity index (χ0) is 14.7. The van der Waals surface area contributed by atoms with Gasteiger partial charge in [-0.1, -0.05) is 0 Å². The van der Waals surface area contributed by atoms with Gasteiger partial charge in [0.05, 0.1) is 11.4 Å². The molecule has 5 nitrogen and oxygen atoms in total. The van der Waals surface area contributed by atoms with E-state index < -0.39 is 17.5 Å². The fraction of sp³-hybridized carbons (Fsp3) is 0.231. The van der Waals surface area contributed by atoms with Crippen molar-refractivity contribution >= 4 is 11.6 Å². The Morgan fingerprint density at radius 3 is 2.55 bits per heavy atom. The number of rotatable bonds is 4. The Hall–Kier alpha value is -2.44. The van der Waals surface area contributed by atoms with Crippen LogP contribution in [-0.4, -0.2) is 22.6 Å². The quantitative estimate of drug-likeness (QED) is 0.794.